The van der Waals surface area contributed by atoms with Crippen molar-refractivity contribution in [1.29, 1.82) is 0 Å². The fourth-order valence-corrected chi connectivity index (χ4v) is 2.76. The molecule has 0 aromatic carbocycles. The van der Waals surface area contributed by atoms with Crippen LogP contribution in [-0.2, 0) is 9.59 Å². The standard InChI is InChI=1S/C9H6N4O2S2/c14-6-7(15)13(9-11-2-4-17-9)5-12(6)8-10-1-3-16-8/h1-4H,5H2. The van der Waals surface area contributed by atoms with Crippen molar-refractivity contribution < 1.29 is 9.59 Å². The van der Waals surface area contributed by atoms with E-state index in [1.54, 1.807) is 23.2 Å². The second-order valence-corrected chi connectivity index (χ2v) is 4.98. The van der Waals surface area contributed by atoms with Crippen molar-refractivity contribution in [2.45, 2.75) is 0 Å². The lowest BCUT2D eigenvalue weighted by molar-refractivity contribution is -0.133. The van der Waals surface area contributed by atoms with E-state index >= 15 is 0 Å². The number of thiazole rings is 2. The van der Waals surface area contributed by atoms with Crippen LogP contribution in [0.25, 0.3) is 0 Å². The molecule has 2 amide bonds. The molecule has 1 fully saturated rings. The number of hydrogen-bond donors (Lipinski definition) is 0. The molecule has 0 atom stereocenters. The highest BCUT2D eigenvalue weighted by Gasteiger charge is 2.40. The van der Waals surface area contributed by atoms with Gasteiger partial charge in [-0.3, -0.25) is 19.4 Å². The first-order chi connectivity index (χ1) is 8.27. The van der Waals surface area contributed by atoms with Crippen LogP contribution in [0.2, 0.25) is 0 Å². The van der Waals surface area contributed by atoms with Crippen molar-refractivity contribution in [1.82, 2.24) is 9.97 Å². The molecular weight excluding hydrogens is 260 g/mol. The summed E-state index contributed by atoms with van der Waals surface area (Å²) in [6, 6.07) is 0. The quantitative estimate of drug-likeness (QED) is 0.759. The smallest absolute Gasteiger partial charge is 0.263 e. The molecule has 17 heavy (non-hydrogen) atoms. The highest BCUT2D eigenvalue weighted by molar-refractivity contribution is 7.14. The van der Waals surface area contributed by atoms with Gasteiger partial charge in [0.05, 0.1) is 0 Å². The molecule has 8 heteroatoms. The monoisotopic (exact) mass is 266 g/mol. The van der Waals surface area contributed by atoms with Gasteiger partial charge in [-0.15, -0.1) is 22.7 Å². The molecule has 0 N–H and O–H groups in total. The van der Waals surface area contributed by atoms with E-state index in [0.717, 1.165) is 0 Å². The van der Waals surface area contributed by atoms with E-state index in [1.165, 1.54) is 32.5 Å². The third kappa shape index (κ3) is 1.61. The van der Waals surface area contributed by atoms with Crippen LogP contribution in [0.15, 0.2) is 23.2 Å². The van der Waals surface area contributed by atoms with Gasteiger partial charge in [0, 0.05) is 23.2 Å². The van der Waals surface area contributed by atoms with Gasteiger partial charge in [-0.1, -0.05) is 0 Å². The zero-order valence-electron chi connectivity index (χ0n) is 8.44. The van der Waals surface area contributed by atoms with Crippen LogP contribution in [0.3, 0.4) is 0 Å². The molecular formula is C9H6N4O2S2. The first kappa shape index (κ1) is 10.4. The van der Waals surface area contributed by atoms with Gasteiger partial charge in [0.2, 0.25) is 0 Å². The maximum absolute atomic E-state index is 11.8. The molecule has 0 aliphatic carbocycles. The Balaban J connectivity index is 1.93. The molecule has 0 bridgehead atoms. The Morgan fingerprint density at radius 2 is 1.41 bits per heavy atom. The molecule has 1 aliphatic rings. The number of carbonyl (C=O) groups excluding carboxylic acids is 2. The van der Waals surface area contributed by atoms with Crippen LogP contribution in [0.5, 0.6) is 0 Å². The Labute approximate surface area is 104 Å². The van der Waals surface area contributed by atoms with Gasteiger partial charge in [-0.25, -0.2) is 9.97 Å². The zero-order valence-corrected chi connectivity index (χ0v) is 10.1. The summed E-state index contributed by atoms with van der Waals surface area (Å²) < 4.78 is 0. The minimum Gasteiger partial charge on any atom is -0.263 e. The van der Waals surface area contributed by atoms with Crippen molar-refractivity contribution in [2.24, 2.45) is 0 Å². The number of aromatic nitrogens is 2. The molecule has 1 saturated heterocycles. The van der Waals surface area contributed by atoms with Crippen molar-refractivity contribution in [3.63, 3.8) is 0 Å². The third-order valence-electron chi connectivity index (χ3n) is 2.26. The van der Waals surface area contributed by atoms with Crippen molar-refractivity contribution in [3.8, 4) is 0 Å². The van der Waals surface area contributed by atoms with Gasteiger partial charge < -0.3 is 0 Å². The SMILES string of the molecule is O=C1C(=O)N(c2nccs2)CN1c1nccs1. The Morgan fingerprint density at radius 3 is 1.76 bits per heavy atom. The van der Waals surface area contributed by atoms with E-state index in [0.29, 0.717) is 10.3 Å². The fourth-order valence-electron chi connectivity index (χ4n) is 1.49. The highest BCUT2D eigenvalue weighted by Crippen LogP contribution is 2.27. The molecule has 1 aliphatic heterocycles. The Bertz CT molecular complexity index is 501. The van der Waals surface area contributed by atoms with E-state index in [2.05, 4.69) is 9.97 Å². The van der Waals surface area contributed by atoms with Crippen LogP contribution in [-0.4, -0.2) is 28.5 Å². The topological polar surface area (TPSA) is 66.4 Å². The molecule has 86 valence electrons. The fraction of sp³-hybridized carbons (Fsp3) is 0.111. The number of hydrogen-bond acceptors (Lipinski definition) is 6. The number of nitrogens with zero attached hydrogens (tertiary/aromatic N) is 4. The van der Waals surface area contributed by atoms with E-state index in [4.69, 9.17) is 0 Å². The zero-order chi connectivity index (χ0) is 11.8. The van der Waals surface area contributed by atoms with Crippen LogP contribution < -0.4 is 9.80 Å². The average Bonchev–Trinajstić information content (AvgIpc) is 3.02. The molecule has 3 heterocycles. The third-order valence-corrected chi connectivity index (χ3v) is 3.85. The highest BCUT2D eigenvalue weighted by atomic mass is 32.1. The number of carbonyl (C=O) groups is 2. The average molecular weight is 266 g/mol. The molecule has 0 radical (unpaired) electrons. The summed E-state index contributed by atoms with van der Waals surface area (Å²) in [5, 5.41) is 4.59. The number of amides is 2. The predicted molar refractivity (Wildman–Crippen MR) is 64.1 cm³/mol. The second kappa shape index (κ2) is 3.90. The molecule has 6 nitrogen and oxygen atoms in total. The molecule has 3 rings (SSSR count). The van der Waals surface area contributed by atoms with Gasteiger partial charge >= 0.3 is 11.8 Å². The summed E-state index contributed by atoms with van der Waals surface area (Å²) >= 11 is 2.65. The summed E-state index contributed by atoms with van der Waals surface area (Å²) in [6.07, 6.45) is 3.20. The van der Waals surface area contributed by atoms with E-state index in [-0.39, 0.29) is 6.67 Å². The maximum atomic E-state index is 11.8. The van der Waals surface area contributed by atoms with E-state index in [9.17, 15) is 9.59 Å². The minimum absolute atomic E-state index is 0.179. The summed E-state index contributed by atoms with van der Waals surface area (Å²) in [7, 11) is 0. The summed E-state index contributed by atoms with van der Waals surface area (Å²) in [5.41, 5.74) is 0. The number of rotatable bonds is 2. The van der Waals surface area contributed by atoms with Gasteiger partial charge in [-0.2, -0.15) is 0 Å². The van der Waals surface area contributed by atoms with Crippen LogP contribution >= 0.6 is 22.7 Å². The molecule has 2 aromatic rings. The summed E-state index contributed by atoms with van der Waals surface area (Å²) in [4.78, 5) is 34.3. The summed E-state index contributed by atoms with van der Waals surface area (Å²) in [6.45, 7) is 0.179. The normalized spacial score (nSPS) is 16.0. The lowest BCUT2D eigenvalue weighted by Gasteiger charge is -2.12. The maximum Gasteiger partial charge on any atom is 0.320 e. The van der Waals surface area contributed by atoms with E-state index < -0.39 is 11.8 Å². The predicted octanol–water partition coefficient (Wildman–Crippen LogP) is 0.937. The van der Waals surface area contributed by atoms with Gasteiger partial charge in [0.1, 0.15) is 6.67 Å². The van der Waals surface area contributed by atoms with Crippen LogP contribution in [0.4, 0.5) is 10.3 Å². The Hall–Kier alpha value is -1.80. The van der Waals surface area contributed by atoms with Crippen LogP contribution in [0, 0.1) is 0 Å². The Kier molecular flexibility index (Phi) is 2.37. The molecule has 0 unspecified atom stereocenters. The van der Waals surface area contributed by atoms with Crippen molar-refractivity contribution in [3.05, 3.63) is 23.2 Å². The van der Waals surface area contributed by atoms with Gasteiger partial charge in [0.15, 0.2) is 10.3 Å². The largest absolute Gasteiger partial charge is 0.320 e. The molecule has 0 saturated carbocycles. The summed E-state index contributed by atoms with van der Waals surface area (Å²) in [5.74, 6) is -1.12. The second-order valence-electron chi connectivity index (χ2n) is 3.24. The lowest BCUT2D eigenvalue weighted by Crippen LogP contribution is -2.26. The van der Waals surface area contributed by atoms with E-state index in [1.807, 2.05) is 0 Å². The number of anilines is 2. The molecule has 0 spiro atoms. The van der Waals surface area contributed by atoms with Crippen molar-refractivity contribution in [2.75, 3.05) is 16.5 Å². The van der Waals surface area contributed by atoms with Crippen molar-refractivity contribution >= 4 is 44.8 Å². The minimum atomic E-state index is -0.560. The van der Waals surface area contributed by atoms with Gasteiger partial charge in [0.25, 0.3) is 0 Å². The first-order valence-electron chi connectivity index (χ1n) is 4.70. The molecule has 2 aromatic heterocycles. The van der Waals surface area contributed by atoms with Crippen LogP contribution in [0.1, 0.15) is 0 Å². The van der Waals surface area contributed by atoms with Gasteiger partial charge in [-0.05, 0) is 0 Å². The first-order valence-corrected chi connectivity index (χ1v) is 6.45. The lowest BCUT2D eigenvalue weighted by atomic mass is 10.5. The Morgan fingerprint density at radius 1 is 0.941 bits per heavy atom.